The van der Waals surface area contributed by atoms with Crippen LogP contribution in [0.5, 0.6) is 0 Å². The van der Waals surface area contributed by atoms with Crippen molar-refractivity contribution in [3.05, 3.63) is 78.1 Å². The number of anilines is 1. The second kappa shape index (κ2) is 8.07. The lowest BCUT2D eigenvalue weighted by Gasteiger charge is -2.15. The molecule has 156 valence electrons. The summed E-state index contributed by atoms with van der Waals surface area (Å²) >= 11 is 0. The lowest BCUT2D eigenvalue weighted by atomic mass is 9.92. The van der Waals surface area contributed by atoms with Crippen LogP contribution in [0.4, 0.5) is 10.1 Å². The summed E-state index contributed by atoms with van der Waals surface area (Å²) in [6.45, 7) is 4.02. The summed E-state index contributed by atoms with van der Waals surface area (Å²) in [4.78, 5) is 26.5. The Bertz CT molecular complexity index is 1330. The molecule has 0 saturated carbocycles. The standard InChI is InChI=1S/C22H18FN3O.C3H4O/c1-26-10-9-12-13(6-4-8-18(12)26)19-16(23)11-15(22(24)27)21-20(19)14-5-2-3-7-17(14)25-21;1-2-3-4/h2-8,11,25H,9-10H2,1H3,(H2,24,27);2-3H,1H2. The number of amides is 1. The van der Waals surface area contributed by atoms with E-state index in [1.165, 1.54) is 12.1 Å². The molecule has 0 aliphatic carbocycles. The van der Waals surface area contributed by atoms with Crippen LogP contribution >= 0.6 is 0 Å². The number of carbonyl (C=O) groups is 2. The minimum atomic E-state index is -0.643. The Balaban J connectivity index is 0.000000535. The van der Waals surface area contributed by atoms with Gasteiger partial charge in [-0.25, -0.2) is 4.39 Å². The number of para-hydroxylation sites is 1. The van der Waals surface area contributed by atoms with Crippen molar-refractivity contribution in [2.45, 2.75) is 6.42 Å². The average Bonchev–Trinajstić information content (AvgIpc) is 3.34. The topological polar surface area (TPSA) is 79.2 Å². The van der Waals surface area contributed by atoms with Gasteiger partial charge in [-0.2, -0.15) is 0 Å². The molecule has 1 aromatic heterocycles. The molecule has 0 unspecified atom stereocenters. The lowest BCUT2D eigenvalue weighted by molar-refractivity contribution is -0.104. The molecule has 0 fully saturated rings. The van der Waals surface area contributed by atoms with E-state index in [4.69, 9.17) is 10.5 Å². The van der Waals surface area contributed by atoms with Gasteiger partial charge in [0.15, 0.2) is 0 Å². The zero-order valence-corrected chi connectivity index (χ0v) is 17.1. The Kier molecular flexibility index (Phi) is 5.29. The fraction of sp³-hybridized carbons (Fsp3) is 0.120. The summed E-state index contributed by atoms with van der Waals surface area (Å²) in [6.07, 6.45) is 2.70. The fourth-order valence-electron chi connectivity index (χ4n) is 4.28. The van der Waals surface area contributed by atoms with Crippen LogP contribution in [0.15, 0.2) is 61.2 Å². The van der Waals surface area contributed by atoms with E-state index in [2.05, 4.69) is 22.5 Å². The Morgan fingerprint density at radius 2 is 1.97 bits per heavy atom. The lowest BCUT2D eigenvalue weighted by Crippen LogP contribution is -2.12. The van der Waals surface area contributed by atoms with Gasteiger partial charge in [0.1, 0.15) is 12.1 Å². The number of fused-ring (bicyclic) bond motifs is 4. The molecule has 2 heterocycles. The molecule has 0 atom stereocenters. The van der Waals surface area contributed by atoms with Crippen LogP contribution in [0.2, 0.25) is 0 Å². The first-order valence-corrected chi connectivity index (χ1v) is 9.90. The number of H-pyrrole nitrogens is 1. The second-order valence-corrected chi connectivity index (χ2v) is 7.41. The molecule has 4 aromatic rings. The van der Waals surface area contributed by atoms with E-state index in [1.54, 1.807) is 0 Å². The van der Waals surface area contributed by atoms with Crippen molar-refractivity contribution in [2.24, 2.45) is 5.73 Å². The molecular formula is C25H22FN3O2. The minimum Gasteiger partial charge on any atom is -0.374 e. The quantitative estimate of drug-likeness (QED) is 0.379. The van der Waals surface area contributed by atoms with Gasteiger partial charge in [-0.05, 0) is 41.8 Å². The number of benzene rings is 3. The number of primary amides is 1. The number of likely N-dealkylation sites (N-methyl/N-ethyl adjacent to an activating group) is 1. The van der Waals surface area contributed by atoms with Crippen molar-refractivity contribution >= 4 is 39.7 Å². The molecule has 1 aliphatic heterocycles. The van der Waals surface area contributed by atoms with E-state index in [0.717, 1.165) is 40.7 Å². The van der Waals surface area contributed by atoms with Crippen molar-refractivity contribution in [3.8, 4) is 11.1 Å². The number of rotatable bonds is 3. The molecule has 5 nitrogen and oxygen atoms in total. The molecule has 5 rings (SSSR count). The first kappa shape index (κ1) is 20.3. The van der Waals surface area contributed by atoms with E-state index in [1.807, 2.05) is 43.4 Å². The van der Waals surface area contributed by atoms with Gasteiger partial charge >= 0.3 is 0 Å². The number of aromatic nitrogens is 1. The third-order valence-electron chi connectivity index (χ3n) is 5.63. The maximum absolute atomic E-state index is 15.4. The second-order valence-electron chi connectivity index (χ2n) is 7.41. The predicted octanol–water partition coefficient (Wildman–Crippen LogP) is 4.59. The number of carbonyl (C=O) groups excluding carboxylic acids is 2. The summed E-state index contributed by atoms with van der Waals surface area (Å²) in [5, 5.41) is 1.59. The fourth-order valence-corrected chi connectivity index (χ4v) is 4.28. The van der Waals surface area contributed by atoms with Crippen LogP contribution < -0.4 is 10.6 Å². The van der Waals surface area contributed by atoms with Gasteiger partial charge in [-0.15, -0.1) is 0 Å². The summed E-state index contributed by atoms with van der Waals surface area (Å²) in [5.41, 5.74) is 10.8. The minimum absolute atomic E-state index is 0.173. The van der Waals surface area contributed by atoms with Crippen molar-refractivity contribution in [3.63, 3.8) is 0 Å². The molecule has 1 amide bonds. The highest BCUT2D eigenvalue weighted by molar-refractivity contribution is 6.20. The molecule has 1 aliphatic rings. The maximum Gasteiger partial charge on any atom is 0.250 e. The molecule has 3 N–H and O–H groups in total. The number of nitrogens with two attached hydrogens (primary N) is 1. The van der Waals surface area contributed by atoms with E-state index in [-0.39, 0.29) is 5.56 Å². The molecule has 31 heavy (non-hydrogen) atoms. The molecule has 3 aromatic carbocycles. The highest BCUT2D eigenvalue weighted by Gasteiger charge is 2.25. The van der Waals surface area contributed by atoms with Gasteiger partial charge in [-0.1, -0.05) is 36.9 Å². The van der Waals surface area contributed by atoms with Gasteiger partial charge in [0, 0.05) is 41.1 Å². The van der Waals surface area contributed by atoms with Gasteiger partial charge in [0.25, 0.3) is 5.91 Å². The van der Waals surface area contributed by atoms with Gasteiger partial charge in [-0.3, -0.25) is 9.59 Å². The van der Waals surface area contributed by atoms with E-state index in [9.17, 15) is 4.79 Å². The number of hydrogen-bond acceptors (Lipinski definition) is 3. The van der Waals surface area contributed by atoms with Crippen molar-refractivity contribution in [1.82, 2.24) is 4.98 Å². The first-order valence-electron chi connectivity index (χ1n) is 9.90. The summed E-state index contributed by atoms with van der Waals surface area (Å²) in [5.74, 6) is -1.07. The van der Waals surface area contributed by atoms with Crippen LogP contribution in [-0.2, 0) is 11.2 Å². The van der Waals surface area contributed by atoms with E-state index >= 15 is 4.39 Å². The largest absolute Gasteiger partial charge is 0.374 e. The zero-order valence-electron chi connectivity index (χ0n) is 17.1. The Morgan fingerprint density at radius 1 is 1.23 bits per heavy atom. The Labute approximate surface area is 179 Å². The number of hydrogen-bond donors (Lipinski definition) is 2. The Hall–Kier alpha value is -3.93. The highest BCUT2D eigenvalue weighted by Crippen LogP contribution is 2.42. The average molecular weight is 415 g/mol. The van der Waals surface area contributed by atoms with Crippen molar-refractivity contribution in [1.29, 1.82) is 0 Å². The van der Waals surface area contributed by atoms with Gasteiger partial charge in [0.05, 0.1) is 11.1 Å². The smallest absolute Gasteiger partial charge is 0.250 e. The molecule has 6 heteroatoms. The predicted molar refractivity (Wildman–Crippen MR) is 123 cm³/mol. The van der Waals surface area contributed by atoms with Crippen LogP contribution in [-0.4, -0.2) is 30.8 Å². The molecular weight excluding hydrogens is 393 g/mol. The normalized spacial score (nSPS) is 12.4. The molecule has 0 radical (unpaired) electrons. The number of nitrogens with one attached hydrogen (secondary N) is 1. The van der Waals surface area contributed by atoms with Gasteiger partial charge in [0.2, 0.25) is 0 Å². The summed E-state index contributed by atoms with van der Waals surface area (Å²) < 4.78 is 15.4. The number of aldehydes is 1. The van der Waals surface area contributed by atoms with Crippen LogP contribution in [0.3, 0.4) is 0 Å². The molecule has 0 spiro atoms. The molecule has 0 bridgehead atoms. The third kappa shape index (κ3) is 3.36. The van der Waals surface area contributed by atoms with Crippen LogP contribution in [0.1, 0.15) is 15.9 Å². The Morgan fingerprint density at radius 3 is 2.68 bits per heavy atom. The summed E-state index contributed by atoms with van der Waals surface area (Å²) in [7, 11) is 2.05. The zero-order chi connectivity index (χ0) is 22.1. The van der Waals surface area contributed by atoms with Crippen molar-refractivity contribution < 1.29 is 14.0 Å². The maximum atomic E-state index is 15.4. The van der Waals surface area contributed by atoms with E-state index < -0.39 is 11.7 Å². The number of halogens is 1. The van der Waals surface area contributed by atoms with Crippen LogP contribution in [0, 0.1) is 5.82 Å². The molecule has 0 saturated heterocycles. The van der Waals surface area contributed by atoms with E-state index in [0.29, 0.717) is 22.8 Å². The monoisotopic (exact) mass is 415 g/mol. The number of nitrogens with zero attached hydrogens (tertiary/aromatic N) is 1. The summed E-state index contributed by atoms with van der Waals surface area (Å²) in [6, 6.07) is 14.9. The SMILES string of the molecule is C=CC=O.CN1CCc2c(-c3c(F)cc(C(N)=O)c4[nH]c5ccccc5c34)cccc21. The first-order chi connectivity index (χ1) is 15.0. The van der Waals surface area contributed by atoms with Gasteiger partial charge < -0.3 is 15.6 Å². The highest BCUT2D eigenvalue weighted by atomic mass is 19.1. The number of aromatic amines is 1. The van der Waals surface area contributed by atoms with Crippen molar-refractivity contribution in [2.75, 3.05) is 18.5 Å². The third-order valence-corrected chi connectivity index (χ3v) is 5.63. The number of allylic oxidation sites excluding steroid dienone is 1. The van der Waals surface area contributed by atoms with Crippen LogP contribution in [0.25, 0.3) is 32.9 Å².